The number of carbonyl (C=O) groups is 1. The Labute approximate surface area is 209 Å². The first-order chi connectivity index (χ1) is 16.2. The molecule has 0 aliphatic carbocycles. The van der Waals surface area contributed by atoms with Crippen LogP contribution in [0.5, 0.6) is 0 Å². The van der Waals surface area contributed by atoms with Crippen molar-refractivity contribution in [3.8, 4) is 6.07 Å². The molecular weight excluding hydrogens is 495 g/mol. The second kappa shape index (κ2) is 11.1. The molecule has 0 bridgehead atoms. The molecular formula is C24H24Cl2N4O3S. The number of hydrogen-bond donors (Lipinski definition) is 1. The highest BCUT2D eigenvalue weighted by Crippen LogP contribution is 2.29. The van der Waals surface area contributed by atoms with Crippen LogP contribution in [0.15, 0.2) is 71.8 Å². The highest BCUT2D eigenvalue weighted by molar-refractivity contribution is 7.89. The monoisotopic (exact) mass is 518 g/mol. The van der Waals surface area contributed by atoms with Gasteiger partial charge >= 0.3 is 0 Å². The highest BCUT2D eigenvalue weighted by atomic mass is 35.5. The second-order valence-electron chi connectivity index (χ2n) is 7.75. The standard InChI is InChI=1S/C24H24Cl2N4O3S/c1-17(18-8-4-3-5-9-18)29(2)24(31)22(13-15-30-14-7-10-19(30)16-27)28-34(32,33)23-20(25)11-6-12-21(23)26/h3-12,14,17,22,28H,13,15H2,1-2H3/t17-,22?/m1/s1. The molecule has 1 N–H and O–H groups in total. The lowest BCUT2D eigenvalue weighted by Gasteiger charge is -2.30. The van der Waals surface area contributed by atoms with E-state index >= 15 is 0 Å². The largest absolute Gasteiger partial charge is 0.339 e. The lowest BCUT2D eigenvalue weighted by atomic mass is 10.1. The average molecular weight is 519 g/mol. The van der Waals surface area contributed by atoms with Gasteiger partial charge in [0.2, 0.25) is 15.9 Å². The summed E-state index contributed by atoms with van der Waals surface area (Å²) in [5.41, 5.74) is 1.32. The molecule has 34 heavy (non-hydrogen) atoms. The molecule has 3 rings (SSSR count). The number of carbonyl (C=O) groups excluding carboxylic acids is 1. The Balaban J connectivity index is 1.91. The molecule has 1 heterocycles. The van der Waals surface area contributed by atoms with E-state index in [9.17, 15) is 18.5 Å². The lowest BCUT2D eigenvalue weighted by molar-refractivity contribution is -0.133. The first-order valence-electron chi connectivity index (χ1n) is 10.5. The van der Waals surface area contributed by atoms with Crippen LogP contribution in [0.4, 0.5) is 0 Å². The van der Waals surface area contributed by atoms with Gasteiger partial charge in [-0.05, 0) is 43.2 Å². The molecule has 1 aromatic heterocycles. The van der Waals surface area contributed by atoms with Crippen LogP contribution < -0.4 is 4.72 Å². The van der Waals surface area contributed by atoms with Crippen molar-refractivity contribution in [1.82, 2.24) is 14.2 Å². The minimum atomic E-state index is -4.23. The van der Waals surface area contributed by atoms with Crippen molar-refractivity contribution in [3.05, 3.63) is 88.2 Å². The van der Waals surface area contributed by atoms with Gasteiger partial charge < -0.3 is 9.47 Å². The lowest BCUT2D eigenvalue weighted by Crippen LogP contribution is -2.48. The zero-order valence-corrected chi connectivity index (χ0v) is 21.0. The summed E-state index contributed by atoms with van der Waals surface area (Å²) in [6.45, 7) is 2.11. The number of aromatic nitrogens is 1. The molecule has 10 heteroatoms. The highest BCUT2D eigenvalue weighted by Gasteiger charge is 2.32. The van der Waals surface area contributed by atoms with Crippen LogP contribution >= 0.6 is 23.2 Å². The van der Waals surface area contributed by atoms with Crippen LogP contribution in [0.1, 0.15) is 30.6 Å². The number of sulfonamides is 1. The van der Waals surface area contributed by atoms with Crippen molar-refractivity contribution in [3.63, 3.8) is 0 Å². The van der Waals surface area contributed by atoms with Gasteiger partial charge in [0.15, 0.2) is 0 Å². The summed E-state index contributed by atoms with van der Waals surface area (Å²) in [7, 11) is -2.61. The molecule has 1 amide bonds. The van der Waals surface area contributed by atoms with Crippen molar-refractivity contribution < 1.29 is 13.2 Å². The van der Waals surface area contributed by atoms with Crippen LogP contribution in [0.2, 0.25) is 10.0 Å². The van der Waals surface area contributed by atoms with Gasteiger partial charge in [0.05, 0.1) is 16.1 Å². The van der Waals surface area contributed by atoms with E-state index in [-0.39, 0.29) is 33.9 Å². The molecule has 0 aliphatic heterocycles. The Morgan fingerprint density at radius 1 is 1.09 bits per heavy atom. The van der Waals surface area contributed by atoms with E-state index in [4.69, 9.17) is 23.2 Å². The van der Waals surface area contributed by atoms with Crippen LogP contribution in [-0.2, 0) is 21.4 Å². The Hall–Kier alpha value is -2.83. The van der Waals surface area contributed by atoms with Crippen molar-refractivity contribution in [2.24, 2.45) is 0 Å². The summed E-state index contributed by atoms with van der Waals surface area (Å²) in [6.07, 6.45) is 1.81. The SMILES string of the molecule is C[C@H](c1ccccc1)N(C)C(=O)C(CCn1cccc1C#N)NS(=O)(=O)c1c(Cl)cccc1Cl. The normalized spacial score (nSPS) is 13.1. The predicted molar refractivity (Wildman–Crippen MR) is 132 cm³/mol. The third-order valence-corrected chi connectivity index (χ3v) is 8.02. The van der Waals surface area contributed by atoms with Crippen LogP contribution in [0.25, 0.3) is 0 Å². The molecule has 0 spiro atoms. The van der Waals surface area contributed by atoms with Gasteiger partial charge in [-0.25, -0.2) is 8.42 Å². The van der Waals surface area contributed by atoms with Crippen LogP contribution in [0, 0.1) is 11.3 Å². The van der Waals surface area contributed by atoms with E-state index in [1.54, 1.807) is 29.9 Å². The number of halogens is 2. The number of aryl methyl sites for hydroxylation is 1. The fourth-order valence-corrected chi connectivity index (χ4v) is 5.96. The van der Waals surface area contributed by atoms with E-state index in [0.29, 0.717) is 5.69 Å². The smallest absolute Gasteiger partial charge is 0.244 e. The number of hydrogen-bond acceptors (Lipinski definition) is 4. The maximum Gasteiger partial charge on any atom is 0.244 e. The van der Waals surface area contributed by atoms with Gasteiger partial charge in [-0.15, -0.1) is 0 Å². The molecule has 2 atom stereocenters. The quantitative estimate of drug-likeness (QED) is 0.446. The van der Waals surface area contributed by atoms with Gasteiger partial charge in [-0.2, -0.15) is 9.98 Å². The Morgan fingerprint density at radius 2 is 1.74 bits per heavy atom. The average Bonchev–Trinajstić information content (AvgIpc) is 3.28. The molecule has 178 valence electrons. The molecule has 0 aliphatic rings. The van der Waals surface area contributed by atoms with E-state index < -0.39 is 22.0 Å². The number of likely N-dealkylation sites (N-methyl/N-ethyl adjacent to an activating group) is 1. The van der Waals surface area contributed by atoms with Crippen LogP contribution in [0.3, 0.4) is 0 Å². The third-order valence-electron chi connectivity index (χ3n) is 5.60. The number of rotatable bonds is 9. The van der Waals surface area contributed by atoms with Crippen molar-refractivity contribution in [2.45, 2.75) is 36.9 Å². The minimum Gasteiger partial charge on any atom is -0.339 e. The van der Waals surface area contributed by atoms with Crippen molar-refractivity contribution in [1.29, 1.82) is 5.26 Å². The van der Waals surface area contributed by atoms with Gasteiger partial charge in [0.1, 0.15) is 22.7 Å². The zero-order valence-electron chi connectivity index (χ0n) is 18.7. The molecule has 0 fully saturated rings. The fourth-order valence-electron chi connectivity index (χ4n) is 3.59. The van der Waals surface area contributed by atoms with E-state index in [1.807, 2.05) is 37.3 Å². The maximum atomic E-state index is 13.5. The summed E-state index contributed by atoms with van der Waals surface area (Å²) in [5.74, 6) is -0.422. The van der Waals surface area contributed by atoms with Gasteiger partial charge in [0.25, 0.3) is 0 Å². The first kappa shape index (κ1) is 25.8. The molecule has 0 radical (unpaired) electrons. The number of nitriles is 1. The van der Waals surface area contributed by atoms with Gasteiger partial charge in [0, 0.05) is 19.8 Å². The molecule has 2 aromatic carbocycles. The molecule has 1 unspecified atom stereocenters. The van der Waals surface area contributed by atoms with E-state index in [0.717, 1.165) is 5.56 Å². The third kappa shape index (κ3) is 5.80. The Bertz CT molecular complexity index is 1280. The molecule has 7 nitrogen and oxygen atoms in total. The maximum absolute atomic E-state index is 13.5. The second-order valence-corrected chi connectivity index (χ2v) is 10.2. The predicted octanol–water partition coefficient (Wildman–Crippen LogP) is 4.62. The summed E-state index contributed by atoms with van der Waals surface area (Å²) >= 11 is 12.3. The molecule has 0 saturated carbocycles. The summed E-state index contributed by atoms with van der Waals surface area (Å²) in [4.78, 5) is 14.7. The van der Waals surface area contributed by atoms with E-state index in [1.165, 1.54) is 23.1 Å². The topological polar surface area (TPSA) is 95.2 Å². The summed E-state index contributed by atoms with van der Waals surface area (Å²) in [5, 5.41) is 9.18. The van der Waals surface area contributed by atoms with Gasteiger partial charge in [-0.1, -0.05) is 59.6 Å². The fraction of sp³-hybridized carbons (Fsp3) is 0.250. The number of amides is 1. The van der Waals surface area contributed by atoms with E-state index in [2.05, 4.69) is 10.8 Å². The summed E-state index contributed by atoms with van der Waals surface area (Å²) in [6, 6.07) is 17.8. The Morgan fingerprint density at radius 3 is 2.35 bits per heavy atom. The van der Waals surface area contributed by atoms with Crippen molar-refractivity contribution in [2.75, 3.05) is 7.05 Å². The molecule has 0 saturated heterocycles. The van der Waals surface area contributed by atoms with Crippen molar-refractivity contribution >= 4 is 39.1 Å². The number of benzene rings is 2. The zero-order chi connectivity index (χ0) is 24.9. The van der Waals surface area contributed by atoms with Gasteiger partial charge in [-0.3, -0.25) is 4.79 Å². The van der Waals surface area contributed by atoms with Crippen LogP contribution in [-0.4, -0.2) is 36.9 Å². The first-order valence-corrected chi connectivity index (χ1v) is 12.7. The molecule has 3 aromatic rings. The number of nitrogens with zero attached hydrogens (tertiary/aromatic N) is 3. The Kier molecular flexibility index (Phi) is 8.39. The summed E-state index contributed by atoms with van der Waals surface area (Å²) < 4.78 is 30.6. The minimum absolute atomic E-state index is 0.0469. The number of nitrogens with one attached hydrogen (secondary N) is 1.